The van der Waals surface area contributed by atoms with Crippen molar-refractivity contribution in [1.82, 2.24) is 0 Å². The summed E-state index contributed by atoms with van der Waals surface area (Å²) in [6, 6.07) is 20.7. The van der Waals surface area contributed by atoms with Crippen molar-refractivity contribution in [1.29, 1.82) is 0 Å². The highest BCUT2D eigenvalue weighted by Gasteiger charge is 2.22. The molecule has 0 aromatic heterocycles. The summed E-state index contributed by atoms with van der Waals surface area (Å²) >= 11 is 1.43. The molecule has 3 aromatic rings. The van der Waals surface area contributed by atoms with Gasteiger partial charge in [-0.15, -0.1) is 0 Å². The first-order chi connectivity index (χ1) is 12.5. The molecule has 0 saturated carbocycles. The van der Waals surface area contributed by atoms with Gasteiger partial charge in [-0.3, -0.25) is 9.52 Å². The number of nitrogens with one attached hydrogen (secondary N) is 2. The maximum atomic E-state index is 12.6. The summed E-state index contributed by atoms with van der Waals surface area (Å²) in [4.78, 5) is 14.1. The van der Waals surface area contributed by atoms with E-state index in [1.54, 1.807) is 42.5 Å². The molecule has 1 aliphatic rings. The van der Waals surface area contributed by atoms with Gasteiger partial charge in [-0.25, -0.2) is 8.42 Å². The van der Waals surface area contributed by atoms with Crippen molar-refractivity contribution in [2.45, 2.75) is 14.7 Å². The fraction of sp³-hybridized carbons (Fsp3) is 0. The molecule has 0 saturated heterocycles. The van der Waals surface area contributed by atoms with Crippen molar-refractivity contribution in [2.24, 2.45) is 0 Å². The quantitative estimate of drug-likeness (QED) is 0.712. The molecular formula is C19H14N2O3S2. The highest BCUT2D eigenvalue weighted by atomic mass is 32.2. The van der Waals surface area contributed by atoms with Crippen molar-refractivity contribution >= 4 is 39.1 Å². The predicted octanol–water partition coefficient (Wildman–Crippen LogP) is 4.20. The van der Waals surface area contributed by atoms with Crippen LogP contribution in [0.3, 0.4) is 0 Å². The molecule has 1 amide bonds. The van der Waals surface area contributed by atoms with Crippen molar-refractivity contribution in [3.63, 3.8) is 0 Å². The maximum absolute atomic E-state index is 12.6. The second-order valence-corrected chi connectivity index (χ2v) is 8.45. The van der Waals surface area contributed by atoms with Crippen LogP contribution in [0.2, 0.25) is 0 Å². The molecule has 26 heavy (non-hydrogen) atoms. The molecule has 0 spiro atoms. The molecule has 130 valence electrons. The average molecular weight is 382 g/mol. The molecule has 0 fully saturated rings. The number of carbonyl (C=O) groups is 1. The van der Waals surface area contributed by atoms with Crippen LogP contribution < -0.4 is 10.0 Å². The fourth-order valence-corrected chi connectivity index (χ4v) is 4.73. The zero-order chi connectivity index (χ0) is 18.1. The van der Waals surface area contributed by atoms with Gasteiger partial charge in [0.25, 0.3) is 15.9 Å². The van der Waals surface area contributed by atoms with Crippen LogP contribution in [0, 0.1) is 0 Å². The molecule has 3 aromatic carbocycles. The average Bonchev–Trinajstić information content (AvgIpc) is 2.77. The number of para-hydroxylation sites is 1. The Morgan fingerprint density at radius 2 is 1.58 bits per heavy atom. The van der Waals surface area contributed by atoms with E-state index in [1.165, 1.54) is 23.9 Å². The topological polar surface area (TPSA) is 75.3 Å². The number of amides is 1. The Morgan fingerprint density at radius 3 is 2.38 bits per heavy atom. The predicted molar refractivity (Wildman–Crippen MR) is 102 cm³/mol. The summed E-state index contributed by atoms with van der Waals surface area (Å²) < 4.78 is 27.8. The van der Waals surface area contributed by atoms with Crippen LogP contribution in [-0.4, -0.2) is 14.3 Å². The van der Waals surface area contributed by atoms with Gasteiger partial charge in [0, 0.05) is 15.5 Å². The zero-order valence-electron chi connectivity index (χ0n) is 13.5. The molecule has 1 aliphatic heterocycles. The van der Waals surface area contributed by atoms with Crippen molar-refractivity contribution in [3.05, 3.63) is 78.4 Å². The molecule has 1 heterocycles. The summed E-state index contributed by atoms with van der Waals surface area (Å²) in [6.07, 6.45) is 0. The first-order valence-electron chi connectivity index (χ1n) is 7.83. The second kappa shape index (κ2) is 6.51. The Bertz CT molecular complexity index is 1100. The minimum absolute atomic E-state index is 0.0898. The third kappa shape index (κ3) is 3.18. The molecule has 0 atom stereocenters. The van der Waals surface area contributed by atoms with E-state index < -0.39 is 10.0 Å². The van der Waals surface area contributed by atoms with E-state index in [1.807, 2.05) is 18.2 Å². The Balaban J connectivity index is 1.70. The number of fused-ring (bicyclic) bond motifs is 2. The Hall–Kier alpha value is -2.77. The van der Waals surface area contributed by atoms with Crippen LogP contribution in [0.15, 0.2) is 87.5 Å². The minimum atomic E-state index is -3.75. The third-order valence-electron chi connectivity index (χ3n) is 3.89. The van der Waals surface area contributed by atoms with Crippen molar-refractivity contribution < 1.29 is 13.2 Å². The fourth-order valence-electron chi connectivity index (χ4n) is 2.63. The van der Waals surface area contributed by atoms with Gasteiger partial charge in [-0.05, 0) is 42.5 Å². The lowest BCUT2D eigenvalue weighted by Crippen LogP contribution is -2.15. The summed E-state index contributed by atoms with van der Waals surface area (Å²) in [5, 5.41) is 2.80. The largest absolute Gasteiger partial charge is 0.321 e. The van der Waals surface area contributed by atoms with E-state index in [0.717, 1.165) is 9.79 Å². The summed E-state index contributed by atoms with van der Waals surface area (Å²) in [7, 11) is -3.75. The Labute approximate surface area is 155 Å². The molecule has 0 aliphatic carbocycles. The highest BCUT2D eigenvalue weighted by Crippen LogP contribution is 2.39. The molecule has 2 N–H and O–H groups in total. The van der Waals surface area contributed by atoms with E-state index in [4.69, 9.17) is 0 Å². The number of anilines is 2. The van der Waals surface area contributed by atoms with Crippen LogP contribution in [0.25, 0.3) is 0 Å². The molecule has 5 nitrogen and oxygen atoms in total. The van der Waals surface area contributed by atoms with Gasteiger partial charge in [-0.1, -0.05) is 42.1 Å². The first-order valence-corrected chi connectivity index (χ1v) is 10.1. The van der Waals surface area contributed by atoms with Gasteiger partial charge in [0.1, 0.15) is 0 Å². The number of hydrogen-bond donors (Lipinski definition) is 2. The van der Waals surface area contributed by atoms with Crippen LogP contribution in [-0.2, 0) is 10.0 Å². The van der Waals surface area contributed by atoms with E-state index >= 15 is 0 Å². The first kappa shape index (κ1) is 16.7. The monoisotopic (exact) mass is 382 g/mol. The van der Waals surface area contributed by atoms with Gasteiger partial charge in [0.05, 0.1) is 16.1 Å². The van der Waals surface area contributed by atoms with E-state index in [9.17, 15) is 13.2 Å². The van der Waals surface area contributed by atoms with Gasteiger partial charge >= 0.3 is 0 Å². The molecular weight excluding hydrogens is 368 g/mol. The van der Waals surface area contributed by atoms with Crippen molar-refractivity contribution in [3.8, 4) is 0 Å². The molecule has 0 bridgehead atoms. The highest BCUT2D eigenvalue weighted by molar-refractivity contribution is 7.99. The van der Waals surface area contributed by atoms with Crippen LogP contribution >= 0.6 is 11.8 Å². The summed E-state index contributed by atoms with van der Waals surface area (Å²) in [5.41, 5.74) is 1.53. The SMILES string of the molecule is O=C1Nc2cc(S(=O)(=O)Nc3ccccc3)ccc2Sc2ccccc21. The maximum Gasteiger partial charge on any atom is 0.261 e. The normalized spacial score (nSPS) is 13.2. The van der Waals surface area contributed by atoms with Gasteiger partial charge in [0.2, 0.25) is 0 Å². The smallest absolute Gasteiger partial charge is 0.261 e. The summed E-state index contributed by atoms with van der Waals surface area (Å²) in [5.74, 6) is -0.252. The lowest BCUT2D eigenvalue weighted by molar-refractivity contribution is 0.102. The lowest BCUT2D eigenvalue weighted by atomic mass is 10.2. The molecule has 0 unspecified atom stereocenters. The van der Waals surface area contributed by atoms with E-state index in [-0.39, 0.29) is 10.8 Å². The third-order valence-corrected chi connectivity index (χ3v) is 6.42. The number of carbonyl (C=O) groups excluding carboxylic acids is 1. The standard InChI is InChI=1S/C19H14N2O3S2/c22-19-15-8-4-5-9-17(15)25-18-11-10-14(12-16(18)20-19)26(23,24)21-13-6-2-1-3-7-13/h1-12,21H,(H,20,22). The second-order valence-electron chi connectivity index (χ2n) is 5.68. The van der Waals surface area contributed by atoms with E-state index in [2.05, 4.69) is 10.0 Å². The molecule has 4 rings (SSSR count). The van der Waals surface area contributed by atoms with Gasteiger partial charge in [0.15, 0.2) is 0 Å². The number of sulfonamides is 1. The Kier molecular flexibility index (Phi) is 4.18. The van der Waals surface area contributed by atoms with Gasteiger partial charge in [-0.2, -0.15) is 0 Å². The minimum Gasteiger partial charge on any atom is -0.321 e. The Morgan fingerprint density at radius 1 is 0.846 bits per heavy atom. The molecule has 0 radical (unpaired) electrons. The zero-order valence-corrected chi connectivity index (χ0v) is 15.1. The number of rotatable bonds is 3. The molecule has 7 heteroatoms. The van der Waals surface area contributed by atoms with Crippen LogP contribution in [0.4, 0.5) is 11.4 Å². The number of hydrogen-bond acceptors (Lipinski definition) is 4. The van der Waals surface area contributed by atoms with E-state index in [0.29, 0.717) is 16.9 Å². The van der Waals surface area contributed by atoms with Crippen molar-refractivity contribution in [2.75, 3.05) is 10.0 Å². The number of benzene rings is 3. The van der Waals surface area contributed by atoms with Crippen LogP contribution in [0.1, 0.15) is 10.4 Å². The van der Waals surface area contributed by atoms with Gasteiger partial charge < -0.3 is 5.32 Å². The van der Waals surface area contributed by atoms with Crippen LogP contribution in [0.5, 0.6) is 0 Å². The summed E-state index contributed by atoms with van der Waals surface area (Å²) in [6.45, 7) is 0. The lowest BCUT2D eigenvalue weighted by Gasteiger charge is -2.11.